The van der Waals surface area contributed by atoms with Crippen molar-refractivity contribution in [3.05, 3.63) is 65.7 Å². The summed E-state index contributed by atoms with van der Waals surface area (Å²) < 4.78 is 5.21. The second-order valence-electron chi connectivity index (χ2n) is 5.83. The number of carboxylic acid groups (broad SMARTS) is 1. The van der Waals surface area contributed by atoms with E-state index in [0.29, 0.717) is 37.1 Å². The van der Waals surface area contributed by atoms with Gasteiger partial charge in [0.1, 0.15) is 11.5 Å². The summed E-state index contributed by atoms with van der Waals surface area (Å²) in [7, 11) is 0. The van der Waals surface area contributed by atoms with Crippen LogP contribution in [0.4, 0.5) is 0 Å². The third-order valence-electron chi connectivity index (χ3n) is 3.70. The first-order chi connectivity index (χ1) is 13.1. The van der Waals surface area contributed by atoms with E-state index in [4.69, 9.17) is 4.42 Å². The van der Waals surface area contributed by atoms with Gasteiger partial charge < -0.3 is 25.0 Å². The van der Waals surface area contributed by atoms with Crippen LogP contribution in [0.5, 0.6) is 0 Å². The molecule has 0 unspecified atom stereocenters. The zero-order valence-electron chi connectivity index (χ0n) is 14.8. The molecule has 2 amide bonds. The first kappa shape index (κ1) is 20.0. The molecule has 2 N–H and O–H groups in total. The molecule has 0 aliphatic rings. The van der Waals surface area contributed by atoms with Crippen molar-refractivity contribution < 1.29 is 23.9 Å². The van der Waals surface area contributed by atoms with Gasteiger partial charge in [-0.25, -0.2) is 0 Å². The van der Waals surface area contributed by atoms with Crippen LogP contribution in [0.25, 0.3) is 6.08 Å². The molecule has 0 atom stereocenters. The minimum Gasteiger partial charge on any atom is -0.550 e. The summed E-state index contributed by atoms with van der Waals surface area (Å²) in [5.41, 5.74) is 0.492. The quantitative estimate of drug-likeness (QED) is 0.487. The number of furan rings is 1. The lowest BCUT2D eigenvalue weighted by Gasteiger charge is -2.11. The summed E-state index contributed by atoms with van der Waals surface area (Å²) in [5.74, 6) is -1.50. The smallest absolute Gasteiger partial charge is 0.267 e. The van der Waals surface area contributed by atoms with Crippen LogP contribution in [-0.2, 0) is 9.59 Å². The molecule has 7 heteroatoms. The van der Waals surface area contributed by atoms with Gasteiger partial charge in [0.25, 0.3) is 11.8 Å². The number of benzene rings is 1. The Labute approximate surface area is 157 Å². The van der Waals surface area contributed by atoms with Crippen LogP contribution in [-0.4, -0.2) is 24.3 Å². The van der Waals surface area contributed by atoms with Gasteiger partial charge in [-0.15, -0.1) is 0 Å². The monoisotopic (exact) mass is 369 g/mol. The second-order valence-corrected chi connectivity index (χ2v) is 5.83. The van der Waals surface area contributed by atoms with Crippen molar-refractivity contribution in [2.45, 2.75) is 25.7 Å². The van der Waals surface area contributed by atoms with Crippen LogP contribution in [0.2, 0.25) is 0 Å². The molecule has 27 heavy (non-hydrogen) atoms. The summed E-state index contributed by atoms with van der Waals surface area (Å²) in [6.07, 6.45) is 4.70. The van der Waals surface area contributed by atoms with Crippen molar-refractivity contribution in [3.8, 4) is 0 Å². The van der Waals surface area contributed by atoms with E-state index in [2.05, 4.69) is 10.6 Å². The Morgan fingerprint density at radius 3 is 2.44 bits per heavy atom. The number of rotatable bonds is 10. The van der Waals surface area contributed by atoms with Crippen molar-refractivity contribution in [2.24, 2.45) is 0 Å². The van der Waals surface area contributed by atoms with Crippen LogP contribution in [0.1, 0.15) is 41.8 Å². The first-order valence-corrected chi connectivity index (χ1v) is 8.66. The Kier molecular flexibility index (Phi) is 7.84. The third-order valence-corrected chi connectivity index (χ3v) is 3.70. The molecule has 2 rings (SSSR count). The van der Waals surface area contributed by atoms with E-state index in [0.717, 1.165) is 0 Å². The maximum atomic E-state index is 12.4. The standard InChI is InChI=1S/C20H22N2O5/c23-18(24)11-5-2-6-12-21-20(26)17(14-16-10-7-13-27-16)22-19(25)15-8-3-1-4-9-15/h1,3-4,7-10,13-14H,2,5-6,11-12H2,(H,21,26)(H,22,25)(H,23,24)/p-1/b17-14+. The van der Waals surface area contributed by atoms with E-state index in [9.17, 15) is 19.5 Å². The molecule has 0 fully saturated rings. The zero-order valence-corrected chi connectivity index (χ0v) is 14.8. The number of aliphatic carboxylic acids is 1. The summed E-state index contributed by atoms with van der Waals surface area (Å²) in [6.45, 7) is 0.364. The molecule has 1 heterocycles. The van der Waals surface area contributed by atoms with Gasteiger partial charge in [0.05, 0.1) is 6.26 Å². The minimum atomic E-state index is -1.08. The predicted octanol–water partition coefficient (Wildman–Crippen LogP) is 1.48. The first-order valence-electron chi connectivity index (χ1n) is 8.66. The SMILES string of the molecule is O=C([O-])CCCCCNC(=O)/C(=C\c1ccco1)NC(=O)c1ccccc1. The average Bonchev–Trinajstić information content (AvgIpc) is 3.17. The van der Waals surface area contributed by atoms with E-state index in [1.165, 1.54) is 12.3 Å². The van der Waals surface area contributed by atoms with E-state index in [-0.39, 0.29) is 12.1 Å². The molecule has 0 bridgehead atoms. The van der Waals surface area contributed by atoms with Gasteiger partial charge in [0.2, 0.25) is 0 Å². The number of carboxylic acids is 1. The van der Waals surface area contributed by atoms with Crippen LogP contribution in [0.3, 0.4) is 0 Å². The summed E-state index contributed by atoms with van der Waals surface area (Å²) >= 11 is 0. The molecule has 1 aromatic heterocycles. The van der Waals surface area contributed by atoms with E-state index in [1.807, 2.05) is 0 Å². The van der Waals surface area contributed by atoms with E-state index >= 15 is 0 Å². The normalized spacial score (nSPS) is 11.0. The highest BCUT2D eigenvalue weighted by Gasteiger charge is 2.14. The molecule has 2 aromatic rings. The minimum absolute atomic E-state index is 0.00469. The summed E-state index contributed by atoms with van der Waals surface area (Å²) in [4.78, 5) is 35.1. The highest BCUT2D eigenvalue weighted by Crippen LogP contribution is 2.08. The fourth-order valence-corrected chi connectivity index (χ4v) is 2.33. The Balaban J connectivity index is 1.95. The van der Waals surface area contributed by atoms with Crippen LogP contribution >= 0.6 is 0 Å². The van der Waals surface area contributed by atoms with Crippen molar-refractivity contribution in [1.82, 2.24) is 10.6 Å². The maximum Gasteiger partial charge on any atom is 0.267 e. The number of nitrogens with one attached hydrogen (secondary N) is 2. The number of hydrogen-bond acceptors (Lipinski definition) is 5. The lowest BCUT2D eigenvalue weighted by molar-refractivity contribution is -0.305. The number of amides is 2. The Morgan fingerprint density at radius 1 is 1.00 bits per heavy atom. The van der Waals surface area contributed by atoms with Gasteiger partial charge in [-0.3, -0.25) is 9.59 Å². The van der Waals surface area contributed by atoms with E-state index < -0.39 is 17.8 Å². The molecule has 0 aliphatic heterocycles. The molecular weight excluding hydrogens is 348 g/mol. The Morgan fingerprint density at radius 2 is 1.78 bits per heavy atom. The molecule has 0 spiro atoms. The van der Waals surface area contributed by atoms with Crippen LogP contribution in [0, 0.1) is 0 Å². The van der Waals surface area contributed by atoms with Gasteiger partial charge in [-0.1, -0.05) is 24.6 Å². The lowest BCUT2D eigenvalue weighted by Crippen LogP contribution is -2.35. The number of carbonyl (C=O) groups excluding carboxylic acids is 3. The highest BCUT2D eigenvalue weighted by atomic mass is 16.4. The van der Waals surface area contributed by atoms with Gasteiger partial charge in [-0.05, 0) is 43.5 Å². The fraction of sp³-hybridized carbons (Fsp3) is 0.250. The van der Waals surface area contributed by atoms with Crippen LogP contribution in [0.15, 0.2) is 58.8 Å². The van der Waals surface area contributed by atoms with Crippen molar-refractivity contribution >= 4 is 23.9 Å². The van der Waals surface area contributed by atoms with Crippen LogP contribution < -0.4 is 15.7 Å². The lowest BCUT2D eigenvalue weighted by atomic mass is 10.2. The third kappa shape index (κ3) is 7.19. The molecule has 0 radical (unpaired) electrons. The van der Waals surface area contributed by atoms with Crippen molar-refractivity contribution in [1.29, 1.82) is 0 Å². The molecule has 0 saturated heterocycles. The molecule has 0 saturated carbocycles. The predicted molar refractivity (Wildman–Crippen MR) is 97.1 cm³/mol. The van der Waals surface area contributed by atoms with Gasteiger partial charge in [0, 0.05) is 24.2 Å². The number of carbonyl (C=O) groups is 3. The maximum absolute atomic E-state index is 12.4. The number of hydrogen-bond donors (Lipinski definition) is 2. The average molecular weight is 369 g/mol. The van der Waals surface area contributed by atoms with Crippen molar-refractivity contribution in [3.63, 3.8) is 0 Å². The molecule has 0 aliphatic carbocycles. The van der Waals surface area contributed by atoms with E-state index in [1.54, 1.807) is 42.5 Å². The van der Waals surface area contributed by atoms with Crippen molar-refractivity contribution in [2.75, 3.05) is 6.54 Å². The largest absolute Gasteiger partial charge is 0.550 e. The summed E-state index contributed by atoms with van der Waals surface area (Å²) in [6, 6.07) is 11.9. The summed E-state index contributed by atoms with van der Waals surface area (Å²) in [5, 5.41) is 15.7. The second kappa shape index (κ2) is 10.6. The van der Waals surface area contributed by atoms with Gasteiger partial charge in [-0.2, -0.15) is 0 Å². The molecular formula is C20H21N2O5-. The number of unbranched alkanes of at least 4 members (excludes halogenated alkanes) is 2. The zero-order chi connectivity index (χ0) is 19.5. The molecule has 7 nitrogen and oxygen atoms in total. The molecule has 142 valence electrons. The Bertz CT molecular complexity index is 782. The van der Waals surface area contributed by atoms with Gasteiger partial charge in [0.15, 0.2) is 0 Å². The molecule has 1 aromatic carbocycles. The highest BCUT2D eigenvalue weighted by molar-refractivity contribution is 6.05. The topological polar surface area (TPSA) is 111 Å². The fourth-order valence-electron chi connectivity index (χ4n) is 2.33. The van der Waals surface area contributed by atoms with Gasteiger partial charge >= 0.3 is 0 Å². The Hall–Kier alpha value is -3.35.